The number of thiophene rings is 1. The van der Waals surface area contributed by atoms with E-state index in [4.69, 9.17) is 28.9 Å². The highest BCUT2D eigenvalue weighted by Gasteiger charge is 2.21. The van der Waals surface area contributed by atoms with Crippen molar-refractivity contribution in [2.75, 3.05) is 0 Å². The maximum Gasteiger partial charge on any atom is 0.161 e. The van der Waals surface area contributed by atoms with Gasteiger partial charge in [-0.1, -0.05) is 23.2 Å². The minimum atomic E-state index is -1.27. The van der Waals surface area contributed by atoms with Gasteiger partial charge in [-0.2, -0.15) is 0 Å². The summed E-state index contributed by atoms with van der Waals surface area (Å²) < 4.78 is 40.1. The molecule has 96 valence electrons. The zero-order chi connectivity index (χ0) is 13.4. The Bertz CT molecular complexity index is 600. The molecule has 2 aromatic rings. The summed E-state index contributed by atoms with van der Waals surface area (Å²) in [6.45, 7) is 0. The predicted molar refractivity (Wildman–Crippen MR) is 66.7 cm³/mol. The summed E-state index contributed by atoms with van der Waals surface area (Å²) in [5.41, 5.74) is 5.98. The van der Waals surface area contributed by atoms with Gasteiger partial charge in [-0.15, -0.1) is 11.3 Å². The third kappa shape index (κ3) is 2.49. The molecule has 0 bridgehead atoms. The molecule has 0 aliphatic heterocycles. The molecule has 0 saturated carbocycles. The maximum absolute atomic E-state index is 13.5. The van der Waals surface area contributed by atoms with Crippen LogP contribution in [0.3, 0.4) is 0 Å². The quantitative estimate of drug-likeness (QED) is 0.811. The van der Waals surface area contributed by atoms with E-state index < -0.39 is 23.5 Å². The van der Waals surface area contributed by atoms with Crippen LogP contribution in [0.5, 0.6) is 0 Å². The molecule has 1 nitrogen and oxygen atoms in total. The summed E-state index contributed by atoms with van der Waals surface area (Å²) >= 11 is 12.7. The smallest absolute Gasteiger partial charge is 0.161 e. The average molecular weight is 312 g/mol. The van der Waals surface area contributed by atoms with Gasteiger partial charge in [-0.3, -0.25) is 0 Å². The Kier molecular flexibility index (Phi) is 3.87. The van der Waals surface area contributed by atoms with Gasteiger partial charge in [0.2, 0.25) is 0 Å². The molecule has 2 rings (SSSR count). The van der Waals surface area contributed by atoms with Crippen LogP contribution in [0.2, 0.25) is 8.67 Å². The number of hydrogen-bond donors (Lipinski definition) is 1. The first-order valence-corrected chi connectivity index (χ1v) is 6.32. The van der Waals surface area contributed by atoms with Crippen LogP contribution >= 0.6 is 34.5 Å². The lowest BCUT2D eigenvalue weighted by atomic mass is 10.0. The van der Waals surface area contributed by atoms with E-state index in [-0.39, 0.29) is 9.90 Å². The van der Waals surface area contributed by atoms with Crippen molar-refractivity contribution in [3.8, 4) is 0 Å². The van der Waals surface area contributed by atoms with Crippen molar-refractivity contribution in [3.05, 3.63) is 55.5 Å². The lowest BCUT2D eigenvalue weighted by Gasteiger charge is -2.12. The summed E-state index contributed by atoms with van der Waals surface area (Å²) in [4.78, 5) is 0. The minimum Gasteiger partial charge on any atom is -0.320 e. The molecule has 0 fully saturated rings. The lowest BCUT2D eigenvalue weighted by Crippen LogP contribution is -2.14. The van der Waals surface area contributed by atoms with Crippen molar-refractivity contribution in [2.45, 2.75) is 6.04 Å². The second-order valence-electron chi connectivity index (χ2n) is 3.55. The fraction of sp³-hybridized carbons (Fsp3) is 0.0909. The van der Waals surface area contributed by atoms with Crippen LogP contribution in [0, 0.1) is 17.5 Å². The standard InChI is InChI=1S/C11H6Cl2F3NS/c12-9-2-5(11(13)18-9)10(17)4-1-7(15)8(16)3-6(4)14/h1-3,10H,17H2. The number of hydrogen-bond acceptors (Lipinski definition) is 2. The second-order valence-corrected chi connectivity index (χ2v) is 5.83. The number of rotatable bonds is 2. The molecule has 18 heavy (non-hydrogen) atoms. The normalized spacial score (nSPS) is 12.8. The van der Waals surface area contributed by atoms with Gasteiger partial charge >= 0.3 is 0 Å². The largest absolute Gasteiger partial charge is 0.320 e. The van der Waals surface area contributed by atoms with Crippen molar-refractivity contribution < 1.29 is 13.2 Å². The predicted octanol–water partition coefficient (Wildman–Crippen LogP) is 4.52. The Morgan fingerprint density at radius 3 is 2.11 bits per heavy atom. The van der Waals surface area contributed by atoms with Gasteiger partial charge in [0.15, 0.2) is 11.6 Å². The number of benzene rings is 1. The SMILES string of the molecule is NC(c1cc(F)c(F)cc1F)c1cc(Cl)sc1Cl. The monoisotopic (exact) mass is 311 g/mol. The fourth-order valence-corrected chi connectivity index (χ4v) is 3.06. The van der Waals surface area contributed by atoms with E-state index in [0.717, 1.165) is 17.4 Å². The first-order chi connectivity index (χ1) is 8.40. The van der Waals surface area contributed by atoms with Gasteiger partial charge in [0, 0.05) is 17.2 Å². The molecule has 0 spiro atoms. The first-order valence-electron chi connectivity index (χ1n) is 4.75. The Morgan fingerprint density at radius 2 is 1.56 bits per heavy atom. The molecule has 7 heteroatoms. The van der Waals surface area contributed by atoms with Crippen LogP contribution < -0.4 is 5.73 Å². The van der Waals surface area contributed by atoms with Gasteiger partial charge in [0.25, 0.3) is 0 Å². The summed E-state index contributed by atoms with van der Waals surface area (Å²) in [6, 6.07) is 1.64. The van der Waals surface area contributed by atoms with Crippen molar-refractivity contribution >= 4 is 34.5 Å². The zero-order valence-electron chi connectivity index (χ0n) is 8.68. The molecular weight excluding hydrogens is 306 g/mol. The third-order valence-corrected chi connectivity index (χ3v) is 3.91. The molecule has 0 aliphatic carbocycles. The highest BCUT2D eigenvalue weighted by molar-refractivity contribution is 7.20. The van der Waals surface area contributed by atoms with Gasteiger partial charge in [0.05, 0.1) is 14.7 Å². The topological polar surface area (TPSA) is 26.0 Å². The first kappa shape index (κ1) is 13.7. The minimum absolute atomic E-state index is 0.176. The summed E-state index contributed by atoms with van der Waals surface area (Å²) in [5.74, 6) is -3.36. The third-order valence-electron chi connectivity index (χ3n) is 2.39. The molecule has 1 aromatic heterocycles. The Labute approximate surface area is 115 Å². The van der Waals surface area contributed by atoms with E-state index in [9.17, 15) is 13.2 Å². The number of halogens is 5. The van der Waals surface area contributed by atoms with Gasteiger partial charge in [0.1, 0.15) is 5.82 Å². The van der Waals surface area contributed by atoms with Gasteiger partial charge in [-0.05, 0) is 12.1 Å². The van der Waals surface area contributed by atoms with Crippen LogP contribution in [-0.4, -0.2) is 0 Å². The fourth-order valence-electron chi connectivity index (χ4n) is 1.51. The van der Waals surface area contributed by atoms with E-state index in [1.165, 1.54) is 6.07 Å². The number of nitrogens with two attached hydrogens (primary N) is 1. The summed E-state index contributed by atoms with van der Waals surface area (Å²) in [5, 5.41) is 0. The second kappa shape index (κ2) is 5.09. The van der Waals surface area contributed by atoms with Crippen LogP contribution in [0.15, 0.2) is 18.2 Å². The van der Waals surface area contributed by atoms with Crippen LogP contribution in [0.4, 0.5) is 13.2 Å². The van der Waals surface area contributed by atoms with E-state index in [1.807, 2.05) is 0 Å². The van der Waals surface area contributed by atoms with Gasteiger partial charge < -0.3 is 5.73 Å². The molecule has 1 unspecified atom stereocenters. The molecule has 0 aliphatic rings. The molecule has 1 aromatic carbocycles. The Balaban J connectivity index is 2.49. The van der Waals surface area contributed by atoms with Crippen molar-refractivity contribution in [3.63, 3.8) is 0 Å². The molecular formula is C11H6Cl2F3NS. The van der Waals surface area contributed by atoms with Crippen LogP contribution in [-0.2, 0) is 0 Å². The van der Waals surface area contributed by atoms with E-state index in [2.05, 4.69) is 0 Å². The van der Waals surface area contributed by atoms with Crippen LogP contribution in [0.25, 0.3) is 0 Å². The Hall–Kier alpha value is -0.750. The maximum atomic E-state index is 13.5. The molecule has 2 N–H and O–H groups in total. The molecule has 0 radical (unpaired) electrons. The summed E-state index contributed by atoms with van der Waals surface area (Å²) in [7, 11) is 0. The van der Waals surface area contributed by atoms with Crippen molar-refractivity contribution in [2.24, 2.45) is 5.73 Å². The van der Waals surface area contributed by atoms with E-state index >= 15 is 0 Å². The van der Waals surface area contributed by atoms with Crippen molar-refractivity contribution in [1.29, 1.82) is 0 Å². The molecule has 1 heterocycles. The van der Waals surface area contributed by atoms with E-state index in [0.29, 0.717) is 16.0 Å². The highest BCUT2D eigenvalue weighted by Crippen LogP contribution is 2.37. The van der Waals surface area contributed by atoms with Crippen molar-refractivity contribution in [1.82, 2.24) is 0 Å². The van der Waals surface area contributed by atoms with Crippen LogP contribution in [0.1, 0.15) is 17.2 Å². The highest BCUT2D eigenvalue weighted by atomic mass is 35.5. The summed E-state index contributed by atoms with van der Waals surface area (Å²) in [6.07, 6.45) is 0. The Morgan fingerprint density at radius 1 is 0.944 bits per heavy atom. The lowest BCUT2D eigenvalue weighted by molar-refractivity contribution is 0.488. The van der Waals surface area contributed by atoms with E-state index in [1.54, 1.807) is 0 Å². The van der Waals surface area contributed by atoms with Gasteiger partial charge in [-0.25, -0.2) is 13.2 Å². The average Bonchev–Trinajstić information content (AvgIpc) is 2.62. The molecule has 0 amide bonds. The molecule has 0 saturated heterocycles. The zero-order valence-corrected chi connectivity index (χ0v) is 11.0. The molecule has 1 atom stereocenters.